The summed E-state index contributed by atoms with van der Waals surface area (Å²) in [6.07, 6.45) is 6.44. The number of anilines is 3. The second-order valence-electron chi connectivity index (χ2n) is 7.36. The van der Waals surface area contributed by atoms with Gasteiger partial charge in [-0.15, -0.1) is 0 Å². The Morgan fingerprint density at radius 1 is 1.33 bits per heavy atom. The first kappa shape index (κ1) is 20.3. The second-order valence-corrected chi connectivity index (χ2v) is 7.77. The Balaban J connectivity index is 1.71. The van der Waals surface area contributed by atoms with Gasteiger partial charge in [0.1, 0.15) is 17.7 Å². The van der Waals surface area contributed by atoms with E-state index in [9.17, 15) is 9.65 Å². The van der Waals surface area contributed by atoms with Crippen molar-refractivity contribution in [1.82, 2.24) is 15.3 Å². The lowest BCUT2D eigenvalue weighted by Crippen LogP contribution is -2.39. The van der Waals surface area contributed by atoms with E-state index < -0.39 is 5.82 Å². The molecule has 154 valence electrons. The number of aromatic nitrogens is 2. The highest BCUT2D eigenvalue weighted by molar-refractivity contribution is 6.30. The smallest absolute Gasteiger partial charge is 0.143 e. The summed E-state index contributed by atoms with van der Waals surface area (Å²) < 4.78 is 13.9. The summed E-state index contributed by atoms with van der Waals surface area (Å²) in [5, 5.41) is 20.6. The molecule has 8 heteroatoms. The monoisotopic (exact) mass is 424 g/mol. The zero-order valence-electron chi connectivity index (χ0n) is 16.5. The molecular formula is C22H22ClFN6. The minimum Gasteiger partial charge on any atom is -0.366 e. The van der Waals surface area contributed by atoms with Crippen molar-refractivity contribution in [3.05, 3.63) is 53.1 Å². The lowest BCUT2D eigenvalue weighted by Gasteiger charge is -2.24. The Morgan fingerprint density at radius 3 is 2.90 bits per heavy atom. The number of pyridine rings is 2. The van der Waals surface area contributed by atoms with Crippen LogP contribution in [0.1, 0.15) is 31.7 Å². The maximum Gasteiger partial charge on any atom is 0.143 e. The van der Waals surface area contributed by atoms with Crippen molar-refractivity contribution in [3.63, 3.8) is 0 Å². The SMILES string of the molecule is CC[C@@H](Nc1cc2c(Nc3ccc(Cl)c(F)c3)c(C#N)cnc2cn1)C1CCCN1. The van der Waals surface area contributed by atoms with Gasteiger partial charge in [-0.05, 0) is 50.1 Å². The van der Waals surface area contributed by atoms with Gasteiger partial charge in [0.15, 0.2) is 0 Å². The van der Waals surface area contributed by atoms with E-state index in [1.807, 2.05) is 6.07 Å². The molecule has 1 aliphatic heterocycles. The fourth-order valence-corrected chi connectivity index (χ4v) is 3.96. The topological polar surface area (TPSA) is 85.7 Å². The molecular weight excluding hydrogens is 403 g/mol. The molecule has 0 amide bonds. The average molecular weight is 425 g/mol. The van der Waals surface area contributed by atoms with Crippen LogP contribution in [0.4, 0.5) is 21.6 Å². The van der Waals surface area contributed by atoms with E-state index in [2.05, 4.69) is 38.9 Å². The molecule has 6 nitrogen and oxygen atoms in total. The molecule has 3 N–H and O–H groups in total. The van der Waals surface area contributed by atoms with Gasteiger partial charge in [0.25, 0.3) is 0 Å². The molecule has 4 rings (SSSR count). The quantitative estimate of drug-likeness (QED) is 0.517. The standard InChI is InChI=1S/C22H22ClFN6/c1-2-18(19-4-3-7-26-19)30-21-9-15-20(12-28-21)27-11-13(10-25)22(15)29-14-5-6-16(23)17(24)8-14/h5-6,8-9,11-12,18-19,26H,2-4,7H2,1H3,(H,27,29)(H,28,30)/t18-,19?/m1/s1. The van der Waals surface area contributed by atoms with E-state index in [0.29, 0.717) is 34.3 Å². The van der Waals surface area contributed by atoms with E-state index in [1.165, 1.54) is 24.8 Å². The van der Waals surface area contributed by atoms with Crippen molar-refractivity contribution in [2.24, 2.45) is 0 Å². The number of benzene rings is 1. The molecule has 0 saturated carbocycles. The van der Waals surface area contributed by atoms with Gasteiger partial charge < -0.3 is 16.0 Å². The summed E-state index contributed by atoms with van der Waals surface area (Å²) >= 11 is 5.79. The molecule has 1 aromatic carbocycles. The second kappa shape index (κ2) is 8.82. The molecule has 1 aliphatic rings. The molecule has 1 unspecified atom stereocenters. The minimum absolute atomic E-state index is 0.0439. The third-order valence-corrected chi connectivity index (χ3v) is 5.73. The van der Waals surface area contributed by atoms with Crippen LogP contribution in [0.2, 0.25) is 5.02 Å². The molecule has 2 atom stereocenters. The Kier molecular flexibility index (Phi) is 5.98. The van der Waals surface area contributed by atoms with Crippen LogP contribution >= 0.6 is 11.6 Å². The molecule has 1 saturated heterocycles. The lowest BCUT2D eigenvalue weighted by atomic mass is 10.0. The van der Waals surface area contributed by atoms with Gasteiger partial charge in [-0.1, -0.05) is 18.5 Å². The number of nitriles is 1. The predicted octanol–water partition coefficient (Wildman–Crippen LogP) is 4.98. The summed E-state index contributed by atoms with van der Waals surface area (Å²) in [5.74, 6) is 0.183. The fraction of sp³-hybridized carbons (Fsp3) is 0.318. The van der Waals surface area contributed by atoms with E-state index in [4.69, 9.17) is 11.6 Å². The van der Waals surface area contributed by atoms with Crippen LogP contribution in [0.3, 0.4) is 0 Å². The summed E-state index contributed by atoms with van der Waals surface area (Å²) in [6, 6.07) is 9.14. The number of fused-ring (bicyclic) bond motifs is 1. The minimum atomic E-state index is -0.530. The highest BCUT2D eigenvalue weighted by Gasteiger charge is 2.23. The highest BCUT2D eigenvalue weighted by atomic mass is 35.5. The average Bonchev–Trinajstić information content (AvgIpc) is 3.29. The van der Waals surface area contributed by atoms with E-state index in [0.717, 1.165) is 24.8 Å². The van der Waals surface area contributed by atoms with Gasteiger partial charge in [0.05, 0.1) is 28.0 Å². The highest BCUT2D eigenvalue weighted by Crippen LogP contribution is 2.31. The van der Waals surface area contributed by atoms with E-state index in [1.54, 1.807) is 12.3 Å². The fourth-order valence-electron chi connectivity index (χ4n) is 3.84. The third kappa shape index (κ3) is 4.16. The number of nitrogens with one attached hydrogen (secondary N) is 3. The molecule has 3 aromatic rings. The Hall–Kier alpha value is -2.95. The van der Waals surface area contributed by atoms with Crippen LogP contribution in [-0.4, -0.2) is 28.6 Å². The largest absolute Gasteiger partial charge is 0.366 e. The van der Waals surface area contributed by atoms with Crippen molar-refractivity contribution in [2.75, 3.05) is 17.2 Å². The summed E-state index contributed by atoms with van der Waals surface area (Å²) in [6.45, 7) is 3.19. The van der Waals surface area contributed by atoms with Gasteiger partial charge in [-0.25, -0.2) is 9.37 Å². The van der Waals surface area contributed by atoms with Gasteiger partial charge in [0, 0.05) is 29.4 Å². The molecule has 1 fully saturated rings. The number of hydrogen-bond acceptors (Lipinski definition) is 6. The van der Waals surface area contributed by atoms with Gasteiger partial charge in [0.2, 0.25) is 0 Å². The molecule has 30 heavy (non-hydrogen) atoms. The summed E-state index contributed by atoms with van der Waals surface area (Å²) in [7, 11) is 0. The van der Waals surface area contributed by atoms with Gasteiger partial charge in [-0.2, -0.15) is 5.26 Å². The molecule has 0 bridgehead atoms. The van der Waals surface area contributed by atoms with Crippen molar-refractivity contribution < 1.29 is 4.39 Å². The van der Waals surface area contributed by atoms with Crippen LogP contribution in [-0.2, 0) is 0 Å². The van der Waals surface area contributed by atoms with Crippen LogP contribution < -0.4 is 16.0 Å². The van der Waals surface area contributed by atoms with Crippen molar-refractivity contribution in [1.29, 1.82) is 5.26 Å². The number of halogens is 2. The summed E-state index contributed by atoms with van der Waals surface area (Å²) in [4.78, 5) is 8.85. The van der Waals surface area contributed by atoms with Crippen molar-refractivity contribution in [3.8, 4) is 6.07 Å². The molecule has 2 aromatic heterocycles. The Bertz CT molecular complexity index is 1110. The maximum absolute atomic E-state index is 13.9. The molecule has 0 spiro atoms. The summed E-state index contributed by atoms with van der Waals surface area (Å²) in [5.41, 5.74) is 2.05. The molecule has 3 heterocycles. The zero-order chi connectivity index (χ0) is 21.1. The first-order chi connectivity index (χ1) is 14.6. The third-order valence-electron chi connectivity index (χ3n) is 5.42. The van der Waals surface area contributed by atoms with Crippen molar-refractivity contribution >= 4 is 39.7 Å². The van der Waals surface area contributed by atoms with Crippen LogP contribution in [0, 0.1) is 17.1 Å². The molecule has 0 radical (unpaired) electrons. The first-order valence-corrected chi connectivity index (χ1v) is 10.4. The van der Waals surface area contributed by atoms with Crippen molar-refractivity contribution in [2.45, 2.75) is 38.3 Å². The van der Waals surface area contributed by atoms with Gasteiger partial charge in [-0.3, -0.25) is 4.98 Å². The van der Waals surface area contributed by atoms with Crippen LogP contribution in [0.25, 0.3) is 10.9 Å². The van der Waals surface area contributed by atoms with Crippen LogP contribution in [0.15, 0.2) is 36.7 Å². The molecule has 0 aliphatic carbocycles. The van der Waals surface area contributed by atoms with Crippen LogP contribution in [0.5, 0.6) is 0 Å². The first-order valence-electron chi connectivity index (χ1n) is 10.00. The number of hydrogen-bond donors (Lipinski definition) is 3. The Morgan fingerprint density at radius 2 is 2.20 bits per heavy atom. The lowest BCUT2D eigenvalue weighted by molar-refractivity contribution is 0.498. The Labute approximate surface area is 179 Å². The zero-order valence-corrected chi connectivity index (χ0v) is 17.3. The predicted molar refractivity (Wildman–Crippen MR) is 118 cm³/mol. The maximum atomic E-state index is 13.9. The normalized spacial score (nSPS) is 16.9. The van der Waals surface area contributed by atoms with Gasteiger partial charge >= 0.3 is 0 Å². The number of nitrogens with zero attached hydrogens (tertiary/aromatic N) is 3. The van der Waals surface area contributed by atoms with E-state index >= 15 is 0 Å². The van der Waals surface area contributed by atoms with E-state index in [-0.39, 0.29) is 11.1 Å². The number of rotatable bonds is 6.